The summed E-state index contributed by atoms with van der Waals surface area (Å²) in [5, 5.41) is 15.4. The summed E-state index contributed by atoms with van der Waals surface area (Å²) in [6.45, 7) is 6.08. The third-order valence-electron chi connectivity index (χ3n) is 5.41. The zero-order valence-electron chi connectivity index (χ0n) is 19.4. The van der Waals surface area contributed by atoms with Gasteiger partial charge in [-0.25, -0.2) is 0 Å². The Balaban J connectivity index is 1.49. The van der Waals surface area contributed by atoms with Crippen LogP contribution in [0.4, 0.5) is 5.69 Å². The van der Waals surface area contributed by atoms with E-state index >= 15 is 0 Å². The number of fused-ring (bicyclic) bond motifs is 1. The van der Waals surface area contributed by atoms with Crippen molar-refractivity contribution in [3.63, 3.8) is 0 Å². The van der Waals surface area contributed by atoms with Crippen molar-refractivity contribution < 1.29 is 4.79 Å². The lowest BCUT2D eigenvalue weighted by atomic mass is 10.1. The summed E-state index contributed by atoms with van der Waals surface area (Å²) in [5.41, 5.74) is 6.61. The van der Waals surface area contributed by atoms with Crippen LogP contribution in [0.1, 0.15) is 46.8 Å². The first-order valence-corrected chi connectivity index (χ1v) is 12.0. The molecule has 4 aromatic rings. The lowest BCUT2D eigenvalue weighted by Gasteiger charge is -2.11. The molecule has 0 aliphatic carbocycles. The molecule has 1 heterocycles. The number of benzene rings is 3. The third-order valence-corrected chi connectivity index (χ3v) is 5.93. The second-order valence-corrected chi connectivity index (χ2v) is 9.18. The first-order chi connectivity index (χ1) is 16.3. The number of hydrogen-bond donors (Lipinski definition) is 2. The fourth-order valence-electron chi connectivity index (χ4n) is 3.76. The number of nitrogens with one attached hydrogen (secondary N) is 2. The van der Waals surface area contributed by atoms with Crippen molar-refractivity contribution in [2.45, 2.75) is 40.0 Å². The lowest BCUT2D eigenvalue weighted by Crippen LogP contribution is -2.34. The smallest absolute Gasteiger partial charge is 0.257 e. The number of nitrogens with zero attached hydrogens (tertiary/aromatic N) is 3. The highest BCUT2D eigenvalue weighted by Gasteiger charge is 2.13. The minimum absolute atomic E-state index is 0.153. The predicted octanol–water partition coefficient (Wildman–Crippen LogP) is 6.16. The summed E-state index contributed by atoms with van der Waals surface area (Å²) in [4.78, 5) is 14.2. The van der Waals surface area contributed by atoms with E-state index in [2.05, 4.69) is 39.9 Å². The topological polar surface area (TPSA) is 71.8 Å². The van der Waals surface area contributed by atoms with Gasteiger partial charge in [0.25, 0.3) is 5.91 Å². The first-order valence-electron chi connectivity index (χ1n) is 11.2. The van der Waals surface area contributed by atoms with E-state index in [0.717, 1.165) is 23.2 Å². The Hall–Kier alpha value is -3.29. The quantitative estimate of drug-likeness (QED) is 0.316. The Bertz CT molecular complexity index is 1340. The molecule has 0 unspecified atom stereocenters. The van der Waals surface area contributed by atoms with Crippen molar-refractivity contribution in [1.82, 2.24) is 20.3 Å². The number of halogens is 1. The monoisotopic (exact) mass is 491 g/mol. The van der Waals surface area contributed by atoms with Crippen molar-refractivity contribution >= 4 is 51.6 Å². The number of unbranched alkanes of at least 4 members (excludes halogenated alkanes) is 1. The zero-order valence-corrected chi connectivity index (χ0v) is 20.9. The Morgan fingerprint density at radius 2 is 1.65 bits per heavy atom. The van der Waals surface area contributed by atoms with Crippen molar-refractivity contribution in [1.29, 1.82) is 0 Å². The van der Waals surface area contributed by atoms with Crippen LogP contribution in [0, 0.1) is 13.8 Å². The fourth-order valence-corrected chi connectivity index (χ4v) is 4.17. The summed E-state index contributed by atoms with van der Waals surface area (Å²) in [6.07, 6.45) is 3.41. The van der Waals surface area contributed by atoms with Crippen LogP contribution in [0.25, 0.3) is 16.7 Å². The predicted molar refractivity (Wildman–Crippen MR) is 142 cm³/mol. The number of anilines is 1. The molecule has 0 saturated heterocycles. The molecule has 4 rings (SSSR count). The molecule has 174 valence electrons. The lowest BCUT2D eigenvalue weighted by molar-refractivity contribution is 0.0977. The number of carbonyl (C=O) groups is 1. The van der Waals surface area contributed by atoms with Gasteiger partial charge in [0.15, 0.2) is 5.11 Å². The maximum atomic E-state index is 12.6. The van der Waals surface area contributed by atoms with E-state index < -0.39 is 0 Å². The molecule has 0 bridgehead atoms. The van der Waals surface area contributed by atoms with Gasteiger partial charge in [-0.3, -0.25) is 10.1 Å². The fraction of sp³-hybridized carbons (Fsp3) is 0.231. The molecular formula is C26H26ClN5OS. The molecule has 0 aliphatic heterocycles. The van der Waals surface area contributed by atoms with Gasteiger partial charge in [0, 0.05) is 5.56 Å². The van der Waals surface area contributed by atoms with Crippen molar-refractivity contribution in [2.24, 2.45) is 0 Å². The van der Waals surface area contributed by atoms with E-state index in [1.807, 2.05) is 44.2 Å². The molecule has 3 aromatic carbocycles. The van der Waals surface area contributed by atoms with Gasteiger partial charge in [-0.1, -0.05) is 54.3 Å². The molecule has 0 spiro atoms. The maximum absolute atomic E-state index is 12.6. The minimum Gasteiger partial charge on any atom is -0.331 e. The largest absolute Gasteiger partial charge is 0.331 e. The average molecular weight is 492 g/mol. The molecule has 6 nitrogen and oxygen atoms in total. The van der Waals surface area contributed by atoms with E-state index in [4.69, 9.17) is 23.8 Å². The van der Waals surface area contributed by atoms with Crippen LogP contribution in [-0.4, -0.2) is 26.0 Å². The Kier molecular flexibility index (Phi) is 7.24. The molecule has 0 saturated carbocycles. The summed E-state index contributed by atoms with van der Waals surface area (Å²) < 4.78 is 0. The van der Waals surface area contributed by atoms with Crippen molar-refractivity contribution in [3.8, 4) is 5.69 Å². The number of aryl methyl sites for hydroxylation is 3. The maximum Gasteiger partial charge on any atom is 0.257 e. The molecular weight excluding hydrogens is 466 g/mol. The molecule has 0 fully saturated rings. The number of aromatic nitrogens is 3. The molecule has 0 aliphatic rings. The van der Waals surface area contributed by atoms with Gasteiger partial charge in [-0.05, 0) is 80.9 Å². The van der Waals surface area contributed by atoms with Crippen LogP contribution in [0.3, 0.4) is 0 Å². The van der Waals surface area contributed by atoms with E-state index in [9.17, 15) is 4.79 Å². The highest BCUT2D eigenvalue weighted by Crippen LogP contribution is 2.27. The minimum atomic E-state index is -0.283. The summed E-state index contributed by atoms with van der Waals surface area (Å²) in [6, 6.07) is 17.4. The molecule has 1 amide bonds. The molecule has 0 radical (unpaired) electrons. The third kappa shape index (κ3) is 5.61. The summed E-state index contributed by atoms with van der Waals surface area (Å²) in [7, 11) is 0. The Morgan fingerprint density at radius 1 is 1.00 bits per heavy atom. The molecule has 2 N–H and O–H groups in total. The van der Waals surface area contributed by atoms with E-state index in [1.165, 1.54) is 18.4 Å². The summed E-state index contributed by atoms with van der Waals surface area (Å²) in [5.74, 6) is -0.283. The molecule has 0 atom stereocenters. The van der Waals surface area contributed by atoms with Gasteiger partial charge in [-0.15, -0.1) is 10.2 Å². The number of thiocarbonyl (C=S) groups is 1. The average Bonchev–Trinajstić information content (AvgIpc) is 3.20. The number of rotatable bonds is 6. The van der Waals surface area contributed by atoms with Crippen LogP contribution in [0.5, 0.6) is 0 Å². The van der Waals surface area contributed by atoms with E-state index in [0.29, 0.717) is 27.3 Å². The second kappa shape index (κ2) is 10.3. The van der Waals surface area contributed by atoms with Gasteiger partial charge >= 0.3 is 0 Å². The Morgan fingerprint density at radius 3 is 2.29 bits per heavy atom. The van der Waals surface area contributed by atoms with Gasteiger partial charge in [0.2, 0.25) is 0 Å². The van der Waals surface area contributed by atoms with Crippen molar-refractivity contribution in [3.05, 3.63) is 81.9 Å². The molecule has 1 aromatic heterocycles. The Labute approximate surface area is 209 Å². The van der Waals surface area contributed by atoms with Gasteiger partial charge in [-0.2, -0.15) is 4.80 Å². The normalized spacial score (nSPS) is 10.9. The SMILES string of the molecule is CCCCc1ccc(-n2nc3cc(Cl)c(NC(=S)NC(=O)c4cc(C)cc(C)c4)cc3n2)cc1. The van der Waals surface area contributed by atoms with Crippen LogP contribution in [0.2, 0.25) is 5.02 Å². The highest BCUT2D eigenvalue weighted by molar-refractivity contribution is 7.80. The van der Waals surface area contributed by atoms with Crippen LogP contribution < -0.4 is 10.6 Å². The van der Waals surface area contributed by atoms with Crippen LogP contribution in [0.15, 0.2) is 54.6 Å². The standard InChI is InChI=1S/C26H26ClN5OS/c1-4-5-6-18-7-9-20(10-8-18)32-30-23-14-21(27)22(15-24(23)31-32)28-26(34)29-25(33)19-12-16(2)11-17(3)13-19/h7-15H,4-6H2,1-3H3,(H2,28,29,33,34). The van der Waals surface area contributed by atoms with E-state index in [-0.39, 0.29) is 11.0 Å². The number of amides is 1. The number of carbonyl (C=O) groups excluding carboxylic acids is 1. The zero-order chi connectivity index (χ0) is 24.2. The van der Waals surface area contributed by atoms with E-state index in [1.54, 1.807) is 16.9 Å². The van der Waals surface area contributed by atoms with Gasteiger partial charge < -0.3 is 5.32 Å². The first kappa shape index (κ1) is 23.9. The molecule has 34 heavy (non-hydrogen) atoms. The number of hydrogen-bond acceptors (Lipinski definition) is 4. The van der Waals surface area contributed by atoms with Crippen molar-refractivity contribution in [2.75, 3.05) is 5.32 Å². The molecule has 8 heteroatoms. The second-order valence-electron chi connectivity index (χ2n) is 8.36. The van der Waals surface area contributed by atoms with Gasteiger partial charge in [0.05, 0.1) is 16.4 Å². The summed E-state index contributed by atoms with van der Waals surface area (Å²) >= 11 is 11.8. The van der Waals surface area contributed by atoms with Crippen LogP contribution >= 0.6 is 23.8 Å². The highest BCUT2D eigenvalue weighted by atomic mass is 35.5. The van der Waals surface area contributed by atoms with Crippen LogP contribution in [-0.2, 0) is 6.42 Å². The van der Waals surface area contributed by atoms with Gasteiger partial charge in [0.1, 0.15) is 11.0 Å².